The molecule has 0 heterocycles. The van der Waals surface area contributed by atoms with Crippen molar-refractivity contribution in [3.63, 3.8) is 0 Å². The molecule has 0 aliphatic rings. The maximum atomic E-state index is 12.1. The van der Waals surface area contributed by atoms with Gasteiger partial charge in [-0.25, -0.2) is 0 Å². The molecule has 3 heteroatoms. The molecule has 22 heavy (non-hydrogen) atoms. The van der Waals surface area contributed by atoms with Crippen LogP contribution in [0.15, 0.2) is 54.6 Å². The number of carbonyl (C=O) groups is 1. The fourth-order valence-corrected chi connectivity index (χ4v) is 2.51. The van der Waals surface area contributed by atoms with E-state index in [1.807, 2.05) is 30.3 Å². The van der Waals surface area contributed by atoms with E-state index in [1.165, 1.54) is 0 Å². The Labute approximate surface area is 132 Å². The SMILES string of the molecule is CC(C)(CC(=O)NCCc1ccccc1O)c1ccccc1. The van der Waals surface area contributed by atoms with Gasteiger partial charge in [0.05, 0.1) is 0 Å². The van der Waals surface area contributed by atoms with E-state index < -0.39 is 0 Å². The lowest BCUT2D eigenvalue weighted by atomic mass is 9.81. The maximum absolute atomic E-state index is 12.1. The molecule has 0 aliphatic carbocycles. The molecule has 2 aromatic rings. The fourth-order valence-electron chi connectivity index (χ4n) is 2.51. The molecule has 2 N–H and O–H groups in total. The van der Waals surface area contributed by atoms with Crippen molar-refractivity contribution in [2.75, 3.05) is 6.54 Å². The highest BCUT2D eigenvalue weighted by Crippen LogP contribution is 2.26. The summed E-state index contributed by atoms with van der Waals surface area (Å²) in [5.41, 5.74) is 1.82. The molecule has 0 radical (unpaired) electrons. The van der Waals surface area contributed by atoms with Crippen molar-refractivity contribution in [2.45, 2.75) is 32.1 Å². The molecule has 0 aliphatic heterocycles. The van der Waals surface area contributed by atoms with Gasteiger partial charge in [0.1, 0.15) is 5.75 Å². The molecular formula is C19H23NO2. The van der Waals surface area contributed by atoms with Gasteiger partial charge in [-0.05, 0) is 29.0 Å². The quantitative estimate of drug-likeness (QED) is 0.858. The predicted octanol–water partition coefficient (Wildman–Crippen LogP) is 3.42. The average Bonchev–Trinajstić information content (AvgIpc) is 2.50. The van der Waals surface area contributed by atoms with Gasteiger partial charge in [-0.2, -0.15) is 0 Å². The molecule has 3 nitrogen and oxygen atoms in total. The molecule has 0 spiro atoms. The molecule has 2 rings (SSSR count). The summed E-state index contributed by atoms with van der Waals surface area (Å²) in [6.45, 7) is 4.68. The number of hydrogen-bond donors (Lipinski definition) is 2. The summed E-state index contributed by atoms with van der Waals surface area (Å²) < 4.78 is 0. The van der Waals surface area contributed by atoms with Crippen molar-refractivity contribution in [1.82, 2.24) is 5.32 Å². The van der Waals surface area contributed by atoms with Crippen molar-refractivity contribution in [3.05, 3.63) is 65.7 Å². The molecule has 0 atom stereocenters. The number of rotatable bonds is 6. The molecule has 2 aromatic carbocycles. The summed E-state index contributed by atoms with van der Waals surface area (Å²) in [4.78, 5) is 12.1. The molecular weight excluding hydrogens is 274 g/mol. The van der Waals surface area contributed by atoms with E-state index in [1.54, 1.807) is 12.1 Å². The molecule has 1 amide bonds. The Morgan fingerprint density at radius 1 is 1.05 bits per heavy atom. The highest BCUT2D eigenvalue weighted by molar-refractivity contribution is 5.77. The van der Waals surface area contributed by atoms with Crippen LogP contribution in [0.4, 0.5) is 0 Å². The minimum atomic E-state index is -0.194. The van der Waals surface area contributed by atoms with Crippen molar-refractivity contribution in [1.29, 1.82) is 0 Å². The first-order valence-corrected chi connectivity index (χ1v) is 7.58. The van der Waals surface area contributed by atoms with Gasteiger partial charge >= 0.3 is 0 Å². The van der Waals surface area contributed by atoms with Crippen LogP contribution in [-0.2, 0) is 16.6 Å². The molecule has 0 aromatic heterocycles. The van der Waals surface area contributed by atoms with E-state index >= 15 is 0 Å². The van der Waals surface area contributed by atoms with Gasteiger partial charge in [0.2, 0.25) is 5.91 Å². The third-order valence-electron chi connectivity index (χ3n) is 3.87. The van der Waals surface area contributed by atoms with Crippen LogP contribution in [-0.4, -0.2) is 17.6 Å². The number of phenolic OH excluding ortho intramolecular Hbond substituents is 1. The van der Waals surface area contributed by atoms with Gasteiger partial charge in [-0.1, -0.05) is 62.4 Å². The highest BCUT2D eigenvalue weighted by atomic mass is 16.3. The van der Waals surface area contributed by atoms with E-state index in [-0.39, 0.29) is 17.1 Å². The van der Waals surface area contributed by atoms with E-state index in [0.717, 1.165) is 11.1 Å². The van der Waals surface area contributed by atoms with Gasteiger partial charge in [0.15, 0.2) is 0 Å². The lowest BCUT2D eigenvalue weighted by Crippen LogP contribution is -2.32. The predicted molar refractivity (Wildman–Crippen MR) is 88.9 cm³/mol. The maximum Gasteiger partial charge on any atom is 0.220 e. The van der Waals surface area contributed by atoms with Crippen molar-refractivity contribution in [3.8, 4) is 5.75 Å². The number of amides is 1. The van der Waals surface area contributed by atoms with Crippen LogP contribution in [0, 0.1) is 0 Å². The first kappa shape index (κ1) is 16.1. The average molecular weight is 297 g/mol. The van der Waals surface area contributed by atoms with Crippen LogP contribution < -0.4 is 5.32 Å². The summed E-state index contributed by atoms with van der Waals surface area (Å²) >= 11 is 0. The summed E-state index contributed by atoms with van der Waals surface area (Å²) in [7, 11) is 0. The number of nitrogens with one attached hydrogen (secondary N) is 1. The molecule has 0 unspecified atom stereocenters. The van der Waals surface area contributed by atoms with Gasteiger partial charge in [-0.15, -0.1) is 0 Å². The van der Waals surface area contributed by atoms with Crippen LogP contribution in [0.1, 0.15) is 31.4 Å². The Balaban J connectivity index is 1.84. The largest absolute Gasteiger partial charge is 0.508 e. The minimum absolute atomic E-state index is 0.0317. The minimum Gasteiger partial charge on any atom is -0.508 e. The summed E-state index contributed by atoms with van der Waals surface area (Å²) in [5, 5.41) is 12.6. The first-order chi connectivity index (χ1) is 10.5. The molecule has 0 saturated heterocycles. The second kappa shape index (κ2) is 7.12. The van der Waals surface area contributed by atoms with Crippen LogP contribution in [0.3, 0.4) is 0 Å². The van der Waals surface area contributed by atoms with Crippen LogP contribution >= 0.6 is 0 Å². The summed E-state index contributed by atoms with van der Waals surface area (Å²) in [5.74, 6) is 0.311. The fraction of sp³-hybridized carbons (Fsp3) is 0.316. The second-order valence-electron chi connectivity index (χ2n) is 6.16. The number of para-hydroxylation sites is 1. The Bertz CT molecular complexity index is 620. The number of phenols is 1. The zero-order chi connectivity index (χ0) is 16.0. The Morgan fingerprint density at radius 3 is 2.36 bits per heavy atom. The second-order valence-corrected chi connectivity index (χ2v) is 6.16. The topological polar surface area (TPSA) is 49.3 Å². The third-order valence-corrected chi connectivity index (χ3v) is 3.87. The molecule has 0 bridgehead atoms. The van der Waals surface area contributed by atoms with E-state index in [2.05, 4.69) is 31.3 Å². The van der Waals surface area contributed by atoms with Gasteiger partial charge in [-0.3, -0.25) is 4.79 Å². The summed E-state index contributed by atoms with van der Waals surface area (Å²) in [6.07, 6.45) is 1.07. The van der Waals surface area contributed by atoms with Crippen LogP contribution in [0.2, 0.25) is 0 Å². The lowest BCUT2D eigenvalue weighted by Gasteiger charge is -2.24. The first-order valence-electron chi connectivity index (χ1n) is 7.58. The van der Waals surface area contributed by atoms with Crippen molar-refractivity contribution < 1.29 is 9.90 Å². The Hall–Kier alpha value is -2.29. The van der Waals surface area contributed by atoms with Gasteiger partial charge < -0.3 is 10.4 Å². The van der Waals surface area contributed by atoms with E-state index in [0.29, 0.717) is 19.4 Å². The van der Waals surface area contributed by atoms with Gasteiger partial charge in [0, 0.05) is 13.0 Å². The Kier molecular flexibility index (Phi) is 5.21. The van der Waals surface area contributed by atoms with E-state index in [4.69, 9.17) is 0 Å². The third kappa shape index (κ3) is 4.35. The summed E-state index contributed by atoms with van der Waals surface area (Å²) in [6, 6.07) is 17.3. The van der Waals surface area contributed by atoms with Crippen LogP contribution in [0.5, 0.6) is 5.75 Å². The van der Waals surface area contributed by atoms with Crippen molar-refractivity contribution in [2.24, 2.45) is 0 Å². The monoisotopic (exact) mass is 297 g/mol. The van der Waals surface area contributed by atoms with Crippen molar-refractivity contribution >= 4 is 5.91 Å². The van der Waals surface area contributed by atoms with Gasteiger partial charge in [0.25, 0.3) is 0 Å². The number of carbonyl (C=O) groups excluding carboxylic acids is 1. The van der Waals surface area contributed by atoms with E-state index in [9.17, 15) is 9.90 Å². The molecule has 0 fully saturated rings. The number of benzene rings is 2. The zero-order valence-electron chi connectivity index (χ0n) is 13.2. The zero-order valence-corrected chi connectivity index (χ0v) is 13.2. The lowest BCUT2D eigenvalue weighted by molar-refractivity contribution is -0.122. The normalized spacial score (nSPS) is 11.2. The Morgan fingerprint density at radius 2 is 1.68 bits per heavy atom. The van der Waals surface area contributed by atoms with Crippen LogP contribution in [0.25, 0.3) is 0 Å². The number of hydrogen-bond acceptors (Lipinski definition) is 2. The standard InChI is InChI=1S/C19H23NO2/c1-19(2,16-9-4-3-5-10-16)14-18(22)20-13-12-15-8-6-7-11-17(15)21/h3-11,21H,12-14H2,1-2H3,(H,20,22). The number of aromatic hydroxyl groups is 1. The smallest absolute Gasteiger partial charge is 0.220 e. The highest BCUT2D eigenvalue weighted by Gasteiger charge is 2.23. The molecule has 0 saturated carbocycles. The molecule has 116 valence electrons.